The van der Waals surface area contributed by atoms with E-state index >= 15 is 0 Å². The van der Waals surface area contributed by atoms with Crippen LogP contribution in [0.1, 0.15) is 35.3 Å². The van der Waals surface area contributed by atoms with E-state index in [0.29, 0.717) is 16.5 Å². The molecule has 0 fully saturated rings. The van der Waals surface area contributed by atoms with Crippen molar-refractivity contribution in [2.45, 2.75) is 26.1 Å². The summed E-state index contributed by atoms with van der Waals surface area (Å²) in [5.74, 6) is -1.02. The van der Waals surface area contributed by atoms with Crippen molar-refractivity contribution in [1.29, 1.82) is 0 Å². The largest absolute Gasteiger partial charge is 0.478 e. The molecule has 4 heteroatoms. The Balaban J connectivity index is 2.84. The highest BCUT2D eigenvalue weighted by atomic mass is 16.4. The monoisotopic (exact) mass is 260 g/mol. The van der Waals surface area contributed by atoms with Crippen molar-refractivity contribution >= 4 is 16.7 Å². The first kappa shape index (κ1) is 13.5. The number of hydrogen-bond donors (Lipinski definition) is 3. The minimum absolute atomic E-state index is 0.130. The van der Waals surface area contributed by atoms with E-state index in [1.165, 1.54) is 12.1 Å². The molecule has 0 saturated carbocycles. The molecule has 0 aromatic heterocycles. The van der Waals surface area contributed by atoms with E-state index in [0.717, 1.165) is 5.39 Å². The smallest absolute Gasteiger partial charge is 0.335 e. The van der Waals surface area contributed by atoms with Crippen molar-refractivity contribution in [3.05, 3.63) is 47.0 Å². The van der Waals surface area contributed by atoms with Crippen molar-refractivity contribution in [2.75, 3.05) is 0 Å². The van der Waals surface area contributed by atoms with Gasteiger partial charge in [0.2, 0.25) is 0 Å². The molecular formula is C15H16O4. The second kappa shape index (κ2) is 4.64. The number of hydrogen-bond acceptors (Lipinski definition) is 3. The fourth-order valence-electron chi connectivity index (χ4n) is 2.21. The zero-order valence-electron chi connectivity index (χ0n) is 10.8. The van der Waals surface area contributed by atoms with Gasteiger partial charge in [-0.3, -0.25) is 0 Å². The number of carboxylic acids is 1. The number of carboxylic acid groups (broad SMARTS) is 1. The third-order valence-corrected chi connectivity index (χ3v) is 3.18. The Morgan fingerprint density at radius 2 is 1.84 bits per heavy atom. The molecular weight excluding hydrogens is 244 g/mol. The van der Waals surface area contributed by atoms with Crippen LogP contribution in [0.3, 0.4) is 0 Å². The highest BCUT2D eigenvalue weighted by Gasteiger charge is 2.20. The maximum absolute atomic E-state index is 11.0. The van der Waals surface area contributed by atoms with Gasteiger partial charge in [-0.15, -0.1) is 0 Å². The van der Waals surface area contributed by atoms with Crippen molar-refractivity contribution in [1.82, 2.24) is 0 Å². The Kier molecular flexibility index (Phi) is 3.30. The number of aromatic carboxylic acids is 1. The normalized spacial score (nSPS) is 11.8. The van der Waals surface area contributed by atoms with E-state index in [-0.39, 0.29) is 12.2 Å². The Morgan fingerprint density at radius 3 is 2.37 bits per heavy atom. The Morgan fingerprint density at radius 1 is 1.16 bits per heavy atom. The topological polar surface area (TPSA) is 77.8 Å². The zero-order valence-corrected chi connectivity index (χ0v) is 10.8. The molecule has 4 nitrogen and oxygen atoms in total. The summed E-state index contributed by atoms with van der Waals surface area (Å²) in [5, 5.41) is 30.0. The Labute approximate surface area is 110 Å². The molecule has 0 spiro atoms. The average molecular weight is 260 g/mol. The van der Waals surface area contributed by atoms with Gasteiger partial charge in [0, 0.05) is 0 Å². The molecule has 0 unspecified atom stereocenters. The summed E-state index contributed by atoms with van der Waals surface area (Å²) in [4.78, 5) is 11.0. The predicted octanol–water partition coefficient (Wildman–Crippen LogP) is 2.26. The summed E-state index contributed by atoms with van der Waals surface area (Å²) in [5.41, 5.74) is 0.430. The molecule has 19 heavy (non-hydrogen) atoms. The van der Waals surface area contributed by atoms with Crippen LogP contribution in [-0.4, -0.2) is 21.3 Å². The van der Waals surface area contributed by atoms with Crippen LogP contribution in [0.4, 0.5) is 0 Å². The van der Waals surface area contributed by atoms with Gasteiger partial charge in [-0.2, -0.15) is 0 Å². The van der Waals surface area contributed by atoms with E-state index in [2.05, 4.69) is 0 Å². The molecule has 3 N–H and O–H groups in total. The van der Waals surface area contributed by atoms with Crippen LogP contribution in [0.25, 0.3) is 10.8 Å². The molecule has 0 heterocycles. The summed E-state index contributed by atoms with van der Waals surface area (Å²) in [6, 6.07) is 8.16. The third kappa shape index (κ3) is 2.45. The lowest BCUT2D eigenvalue weighted by Gasteiger charge is -2.21. The summed E-state index contributed by atoms with van der Waals surface area (Å²) in [6.45, 7) is 3.16. The van der Waals surface area contributed by atoms with Gasteiger partial charge in [-0.1, -0.05) is 18.2 Å². The van der Waals surface area contributed by atoms with Crippen LogP contribution in [0.2, 0.25) is 0 Å². The number of benzene rings is 2. The molecule has 0 aliphatic heterocycles. The van der Waals surface area contributed by atoms with E-state index in [1.54, 1.807) is 32.0 Å². The van der Waals surface area contributed by atoms with Crippen LogP contribution >= 0.6 is 0 Å². The fraction of sp³-hybridized carbons (Fsp3) is 0.267. The SMILES string of the molecule is CC(C)(O)c1ccc(CO)c2ccc(C(=O)O)cc12. The van der Waals surface area contributed by atoms with Gasteiger partial charge in [0.05, 0.1) is 17.8 Å². The molecule has 0 aliphatic rings. The highest BCUT2D eigenvalue weighted by Crippen LogP contribution is 2.31. The number of rotatable bonds is 3. The van der Waals surface area contributed by atoms with Crippen LogP contribution < -0.4 is 0 Å². The van der Waals surface area contributed by atoms with Crippen molar-refractivity contribution in [2.24, 2.45) is 0 Å². The Hall–Kier alpha value is -1.91. The number of aliphatic hydroxyl groups is 2. The van der Waals surface area contributed by atoms with Crippen LogP contribution in [0, 0.1) is 0 Å². The first-order valence-corrected chi connectivity index (χ1v) is 5.97. The zero-order chi connectivity index (χ0) is 14.2. The van der Waals surface area contributed by atoms with E-state index in [9.17, 15) is 15.0 Å². The second-order valence-corrected chi connectivity index (χ2v) is 5.05. The summed E-state index contributed by atoms with van der Waals surface area (Å²) in [7, 11) is 0. The van der Waals surface area contributed by atoms with E-state index in [4.69, 9.17) is 5.11 Å². The molecule has 2 aromatic rings. The molecule has 0 bridgehead atoms. The lowest BCUT2D eigenvalue weighted by atomic mass is 9.89. The molecule has 0 amide bonds. The van der Waals surface area contributed by atoms with Crippen LogP contribution in [-0.2, 0) is 12.2 Å². The van der Waals surface area contributed by atoms with Gasteiger partial charge < -0.3 is 15.3 Å². The van der Waals surface area contributed by atoms with Crippen molar-refractivity contribution < 1.29 is 20.1 Å². The van der Waals surface area contributed by atoms with Gasteiger partial charge in [0.25, 0.3) is 0 Å². The van der Waals surface area contributed by atoms with E-state index in [1.807, 2.05) is 0 Å². The molecule has 2 aromatic carbocycles. The molecule has 0 aliphatic carbocycles. The van der Waals surface area contributed by atoms with Gasteiger partial charge in [0.15, 0.2) is 0 Å². The van der Waals surface area contributed by atoms with Crippen molar-refractivity contribution in [3.8, 4) is 0 Å². The van der Waals surface area contributed by atoms with Crippen LogP contribution in [0.5, 0.6) is 0 Å². The molecule has 0 saturated heterocycles. The highest BCUT2D eigenvalue weighted by molar-refractivity contribution is 5.97. The van der Waals surface area contributed by atoms with Crippen LogP contribution in [0.15, 0.2) is 30.3 Å². The molecule has 0 atom stereocenters. The quantitative estimate of drug-likeness (QED) is 0.791. The third-order valence-electron chi connectivity index (χ3n) is 3.18. The predicted molar refractivity (Wildman–Crippen MR) is 72.1 cm³/mol. The summed E-state index contributed by atoms with van der Waals surface area (Å²) < 4.78 is 0. The number of aliphatic hydroxyl groups excluding tert-OH is 1. The minimum Gasteiger partial charge on any atom is -0.478 e. The molecule has 2 rings (SSSR count). The van der Waals surface area contributed by atoms with Gasteiger partial charge in [-0.05, 0) is 47.9 Å². The lowest BCUT2D eigenvalue weighted by Crippen LogP contribution is -2.16. The first-order valence-electron chi connectivity index (χ1n) is 5.97. The maximum Gasteiger partial charge on any atom is 0.335 e. The van der Waals surface area contributed by atoms with Gasteiger partial charge in [-0.25, -0.2) is 4.79 Å². The van der Waals surface area contributed by atoms with Crippen molar-refractivity contribution in [3.63, 3.8) is 0 Å². The summed E-state index contributed by atoms with van der Waals surface area (Å²) >= 11 is 0. The number of carbonyl (C=O) groups is 1. The standard InChI is InChI=1S/C15H16O4/c1-15(2,19)13-6-4-10(8-16)11-5-3-9(14(17)18)7-12(11)13/h3-7,16,19H,8H2,1-2H3,(H,17,18). The lowest BCUT2D eigenvalue weighted by molar-refractivity contribution is 0.0695. The second-order valence-electron chi connectivity index (χ2n) is 5.05. The van der Waals surface area contributed by atoms with Gasteiger partial charge in [0.1, 0.15) is 0 Å². The Bertz CT molecular complexity index is 638. The summed E-state index contributed by atoms with van der Waals surface area (Å²) in [6.07, 6.45) is 0. The van der Waals surface area contributed by atoms with E-state index < -0.39 is 11.6 Å². The van der Waals surface area contributed by atoms with Gasteiger partial charge >= 0.3 is 5.97 Å². The molecule has 100 valence electrons. The average Bonchev–Trinajstić information content (AvgIpc) is 2.35. The number of fused-ring (bicyclic) bond motifs is 1. The first-order chi connectivity index (χ1) is 8.84. The fourth-order valence-corrected chi connectivity index (χ4v) is 2.21. The molecule has 0 radical (unpaired) electrons. The minimum atomic E-state index is -1.08. The maximum atomic E-state index is 11.0.